The molecule has 0 saturated carbocycles. The van der Waals surface area contributed by atoms with Gasteiger partial charge in [0.1, 0.15) is 11.5 Å². The highest BCUT2D eigenvalue weighted by Crippen LogP contribution is 2.28. The quantitative estimate of drug-likeness (QED) is 0.351. The number of nitrogens with zero attached hydrogens (tertiary/aromatic N) is 1. The molecule has 1 aromatic heterocycles. The maximum absolute atomic E-state index is 12.1. The summed E-state index contributed by atoms with van der Waals surface area (Å²) in [6.07, 6.45) is 3.22. The number of methoxy groups -OCH3 is 1. The number of rotatable bonds is 11. The van der Waals surface area contributed by atoms with Crippen LogP contribution in [0.5, 0.6) is 11.5 Å². The van der Waals surface area contributed by atoms with Crippen LogP contribution in [0.4, 0.5) is 0 Å². The van der Waals surface area contributed by atoms with Gasteiger partial charge in [0, 0.05) is 12.6 Å². The first-order valence-electron chi connectivity index (χ1n) is 12.1. The van der Waals surface area contributed by atoms with Crippen molar-refractivity contribution in [2.75, 3.05) is 13.7 Å². The number of carbonyl (C=O) groups is 1. The van der Waals surface area contributed by atoms with Crippen LogP contribution in [-0.4, -0.2) is 29.8 Å². The Morgan fingerprint density at radius 1 is 1.03 bits per heavy atom. The maximum atomic E-state index is 12.1. The van der Waals surface area contributed by atoms with Crippen LogP contribution in [0.1, 0.15) is 72.5 Å². The number of hydrogen-bond donors (Lipinski definition) is 2. The summed E-state index contributed by atoms with van der Waals surface area (Å²) in [4.78, 5) is 16.3. The molecule has 2 aromatic carbocycles. The molecule has 2 atom stereocenters. The summed E-state index contributed by atoms with van der Waals surface area (Å²) >= 11 is 0. The molecule has 0 bridgehead atoms. The summed E-state index contributed by atoms with van der Waals surface area (Å²) < 4.78 is 10.8. The lowest BCUT2D eigenvalue weighted by Gasteiger charge is -2.18. The van der Waals surface area contributed by atoms with Gasteiger partial charge in [0.2, 0.25) is 0 Å². The second-order valence-corrected chi connectivity index (χ2v) is 9.25. The molecule has 0 spiro atoms. The minimum Gasteiger partial charge on any atom is -0.506 e. The van der Waals surface area contributed by atoms with E-state index in [2.05, 4.69) is 43.1 Å². The zero-order valence-electron chi connectivity index (χ0n) is 21.0. The van der Waals surface area contributed by atoms with Gasteiger partial charge in [0.15, 0.2) is 0 Å². The minimum absolute atomic E-state index is 0.0305. The van der Waals surface area contributed by atoms with Crippen LogP contribution in [-0.2, 0) is 16.0 Å². The summed E-state index contributed by atoms with van der Waals surface area (Å²) in [5.74, 6) is 1.16. The molecule has 6 nitrogen and oxygen atoms in total. The summed E-state index contributed by atoms with van der Waals surface area (Å²) in [7, 11) is 1.43. The number of ether oxygens (including phenoxy) is 2. The Morgan fingerprint density at radius 2 is 1.69 bits per heavy atom. The first-order valence-corrected chi connectivity index (χ1v) is 12.1. The Kier molecular flexibility index (Phi) is 9.26. The highest BCUT2D eigenvalue weighted by atomic mass is 16.5. The van der Waals surface area contributed by atoms with Gasteiger partial charge in [-0.05, 0) is 65.6 Å². The first kappa shape index (κ1) is 26.2. The van der Waals surface area contributed by atoms with Crippen molar-refractivity contribution in [2.45, 2.75) is 57.9 Å². The summed E-state index contributed by atoms with van der Waals surface area (Å²) in [6, 6.07) is 17.8. The van der Waals surface area contributed by atoms with Gasteiger partial charge in [0.05, 0.1) is 31.9 Å². The van der Waals surface area contributed by atoms with Gasteiger partial charge >= 0.3 is 5.97 Å². The molecule has 3 rings (SSSR count). The number of benzene rings is 2. The van der Waals surface area contributed by atoms with Gasteiger partial charge in [-0.3, -0.25) is 9.78 Å². The van der Waals surface area contributed by atoms with Crippen LogP contribution in [0.2, 0.25) is 0 Å². The standard InChI is InChI=1S/C29H36N2O4/c1-19(2)22-7-9-23(10-8-22)24(18-27(32)34-4)17-21-5-11-25(12-6-21)35-16-14-26(30)28-29(33)20(3)13-15-31-28/h5-13,15,19,24,26,33H,14,16-18,30H2,1-4H3. The maximum Gasteiger partial charge on any atom is 0.306 e. The van der Waals surface area contributed by atoms with Crippen molar-refractivity contribution in [3.63, 3.8) is 0 Å². The topological polar surface area (TPSA) is 94.7 Å². The number of aromatic hydroxyl groups is 1. The van der Waals surface area contributed by atoms with E-state index in [1.165, 1.54) is 12.7 Å². The Morgan fingerprint density at radius 3 is 2.31 bits per heavy atom. The predicted molar refractivity (Wildman–Crippen MR) is 138 cm³/mol. The third-order valence-corrected chi connectivity index (χ3v) is 6.32. The normalized spacial score (nSPS) is 12.9. The molecular formula is C29H36N2O4. The molecule has 35 heavy (non-hydrogen) atoms. The van der Waals surface area contributed by atoms with Gasteiger partial charge in [-0.15, -0.1) is 0 Å². The van der Waals surface area contributed by atoms with E-state index in [1.807, 2.05) is 31.2 Å². The van der Waals surface area contributed by atoms with Gasteiger partial charge < -0.3 is 20.3 Å². The molecule has 3 N–H and O–H groups in total. The van der Waals surface area contributed by atoms with Gasteiger partial charge in [-0.2, -0.15) is 0 Å². The largest absolute Gasteiger partial charge is 0.506 e. The van der Waals surface area contributed by atoms with E-state index < -0.39 is 6.04 Å². The van der Waals surface area contributed by atoms with Crippen LogP contribution >= 0.6 is 0 Å². The lowest BCUT2D eigenvalue weighted by Crippen LogP contribution is -2.16. The van der Waals surface area contributed by atoms with Crippen LogP contribution in [0.3, 0.4) is 0 Å². The van der Waals surface area contributed by atoms with Crippen molar-refractivity contribution < 1.29 is 19.4 Å². The fraction of sp³-hybridized carbons (Fsp3) is 0.379. The average molecular weight is 477 g/mol. The van der Waals surface area contributed by atoms with Gasteiger partial charge in [0.25, 0.3) is 0 Å². The Hall–Kier alpha value is -3.38. The van der Waals surface area contributed by atoms with Crippen molar-refractivity contribution in [3.8, 4) is 11.5 Å². The molecule has 0 aliphatic carbocycles. The fourth-order valence-electron chi connectivity index (χ4n) is 4.04. The number of nitrogens with two attached hydrogens (primary N) is 1. The van der Waals surface area contributed by atoms with Crippen molar-refractivity contribution in [1.29, 1.82) is 0 Å². The zero-order valence-corrected chi connectivity index (χ0v) is 21.0. The van der Waals surface area contributed by atoms with Gasteiger partial charge in [-0.25, -0.2) is 0 Å². The number of hydrogen-bond acceptors (Lipinski definition) is 6. The van der Waals surface area contributed by atoms with E-state index in [1.54, 1.807) is 12.3 Å². The van der Waals surface area contributed by atoms with E-state index in [4.69, 9.17) is 15.2 Å². The Balaban J connectivity index is 1.60. The molecule has 186 valence electrons. The van der Waals surface area contributed by atoms with E-state index >= 15 is 0 Å². The highest BCUT2D eigenvalue weighted by molar-refractivity contribution is 5.70. The monoisotopic (exact) mass is 476 g/mol. The van der Waals surface area contributed by atoms with Crippen LogP contribution in [0, 0.1) is 6.92 Å². The molecule has 6 heteroatoms. The van der Waals surface area contributed by atoms with Crippen molar-refractivity contribution in [1.82, 2.24) is 4.98 Å². The lowest BCUT2D eigenvalue weighted by atomic mass is 9.88. The first-order chi connectivity index (χ1) is 16.8. The molecule has 0 saturated heterocycles. The molecular weight excluding hydrogens is 440 g/mol. The SMILES string of the molecule is COC(=O)CC(Cc1ccc(OCCC(N)c2nccc(C)c2O)cc1)c1ccc(C(C)C)cc1. The molecule has 2 unspecified atom stereocenters. The molecule has 0 fully saturated rings. The second-order valence-electron chi connectivity index (χ2n) is 9.25. The molecule has 1 heterocycles. The number of pyridine rings is 1. The van der Waals surface area contributed by atoms with Gasteiger partial charge in [-0.1, -0.05) is 50.2 Å². The zero-order chi connectivity index (χ0) is 25.4. The minimum atomic E-state index is -0.407. The Bertz CT molecular complexity index is 1090. The molecule has 0 aliphatic rings. The van der Waals surface area contributed by atoms with Crippen LogP contribution < -0.4 is 10.5 Å². The lowest BCUT2D eigenvalue weighted by molar-refractivity contribution is -0.141. The average Bonchev–Trinajstić information content (AvgIpc) is 2.86. The van der Waals surface area contributed by atoms with Crippen molar-refractivity contribution in [3.05, 3.63) is 88.7 Å². The van der Waals surface area contributed by atoms with Crippen LogP contribution in [0.25, 0.3) is 0 Å². The molecule has 0 radical (unpaired) electrons. The van der Waals surface area contributed by atoms with E-state index in [-0.39, 0.29) is 17.6 Å². The molecule has 3 aromatic rings. The number of aryl methyl sites for hydroxylation is 1. The highest BCUT2D eigenvalue weighted by Gasteiger charge is 2.18. The number of carbonyl (C=O) groups excluding carboxylic acids is 1. The Labute approximate surface area is 208 Å². The summed E-state index contributed by atoms with van der Waals surface area (Å²) in [5.41, 5.74) is 11.0. The van der Waals surface area contributed by atoms with Crippen LogP contribution in [0.15, 0.2) is 60.8 Å². The number of aromatic nitrogens is 1. The third-order valence-electron chi connectivity index (χ3n) is 6.32. The van der Waals surface area contributed by atoms with E-state index in [0.29, 0.717) is 31.1 Å². The third kappa shape index (κ3) is 7.30. The molecule has 0 amide bonds. The number of esters is 1. The summed E-state index contributed by atoms with van der Waals surface area (Å²) in [6.45, 7) is 6.56. The second kappa shape index (κ2) is 12.4. The molecule has 0 aliphatic heterocycles. The van der Waals surface area contributed by atoms with E-state index in [0.717, 1.165) is 28.9 Å². The summed E-state index contributed by atoms with van der Waals surface area (Å²) in [5, 5.41) is 10.2. The predicted octanol–water partition coefficient (Wildman–Crippen LogP) is 5.58. The fourth-order valence-corrected chi connectivity index (χ4v) is 4.04. The van der Waals surface area contributed by atoms with Crippen molar-refractivity contribution in [2.24, 2.45) is 5.73 Å². The van der Waals surface area contributed by atoms with Crippen molar-refractivity contribution >= 4 is 5.97 Å². The van der Waals surface area contributed by atoms with E-state index in [9.17, 15) is 9.90 Å². The smallest absolute Gasteiger partial charge is 0.306 e.